The summed E-state index contributed by atoms with van der Waals surface area (Å²) in [7, 11) is 0. The highest BCUT2D eigenvalue weighted by atomic mass is 19.4. The van der Waals surface area contributed by atoms with Crippen LogP contribution in [0.4, 0.5) is 13.2 Å². The zero-order valence-electron chi connectivity index (χ0n) is 14.7. The van der Waals surface area contributed by atoms with Crippen molar-refractivity contribution in [2.45, 2.75) is 51.7 Å². The van der Waals surface area contributed by atoms with E-state index in [0.29, 0.717) is 36.5 Å². The minimum Gasteiger partial charge on any atom is -0.338 e. The van der Waals surface area contributed by atoms with E-state index in [1.807, 2.05) is 0 Å². The van der Waals surface area contributed by atoms with Crippen LogP contribution in [-0.4, -0.2) is 49.5 Å². The van der Waals surface area contributed by atoms with Crippen molar-refractivity contribution >= 4 is 11.7 Å². The normalized spacial score (nSPS) is 18.1. The number of alkyl halides is 3. The van der Waals surface area contributed by atoms with Crippen molar-refractivity contribution in [1.29, 1.82) is 0 Å². The van der Waals surface area contributed by atoms with Gasteiger partial charge in [0.25, 0.3) is 11.6 Å². The summed E-state index contributed by atoms with van der Waals surface area (Å²) in [5.74, 6) is -1.31. The van der Waals surface area contributed by atoms with Crippen LogP contribution in [0.1, 0.15) is 42.0 Å². The number of aryl methyl sites for hydroxylation is 2. The van der Waals surface area contributed by atoms with Crippen molar-refractivity contribution < 1.29 is 18.0 Å². The van der Waals surface area contributed by atoms with Crippen LogP contribution in [0, 0.1) is 13.8 Å². The van der Waals surface area contributed by atoms with Gasteiger partial charge < -0.3 is 10.6 Å². The van der Waals surface area contributed by atoms with Crippen molar-refractivity contribution in [2.75, 3.05) is 13.1 Å². The third kappa shape index (κ3) is 3.37. The molecule has 1 aliphatic rings. The van der Waals surface area contributed by atoms with E-state index in [-0.39, 0.29) is 24.1 Å². The van der Waals surface area contributed by atoms with Gasteiger partial charge in [-0.2, -0.15) is 18.2 Å². The second-order valence-electron chi connectivity index (χ2n) is 6.53. The van der Waals surface area contributed by atoms with E-state index < -0.39 is 12.0 Å². The molecule has 1 aliphatic heterocycles. The first-order chi connectivity index (χ1) is 12.2. The maximum Gasteiger partial charge on any atom is 0.453 e. The number of nitrogens with zero attached hydrogens (tertiary/aromatic N) is 5. The molecule has 2 aromatic rings. The second-order valence-corrected chi connectivity index (χ2v) is 6.53. The number of hydrogen-bond donors (Lipinski definition) is 1. The lowest BCUT2D eigenvalue weighted by atomic mass is 10.1. The summed E-state index contributed by atoms with van der Waals surface area (Å²) < 4.78 is 39.6. The summed E-state index contributed by atoms with van der Waals surface area (Å²) in [6, 6.07) is 0.0787. The van der Waals surface area contributed by atoms with Gasteiger partial charge in [-0.15, -0.1) is 5.10 Å². The molecule has 0 saturated carbocycles. The molecular formula is C16H21F3N6O. The van der Waals surface area contributed by atoms with Crippen LogP contribution in [0.15, 0.2) is 0 Å². The lowest BCUT2D eigenvalue weighted by Crippen LogP contribution is -2.40. The summed E-state index contributed by atoms with van der Waals surface area (Å²) in [5.41, 5.74) is 7.49. The fourth-order valence-electron chi connectivity index (χ4n) is 3.47. The summed E-state index contributed by atoms with van der Waals surface area (Å²) >= 11 is 0. The molecule has 0 spiro atoms. The van der Waals surface area contributed by atoms with E-state index in [1.54, 1.807) is 18.7 Å². The van der Waals surface area contributed by atoms with Crippen LogP contribution in [-0.2, 0) is 17.4 Å². The number of amides is 1. The molecule has 1 fully saturated rings. The molecular weight excluding hydrogens is 349 g/mol. The van der Waals surface area contributed by atoms with Crippen molar-refractivity contribution in [1.82, 2.24) is 24.5 Å². The topological polar surface area (TPSA) is 89.4 Å². The third-order valence-corrected chi connectivity index (χ3v) is 4.86. The van der Waals surface area contributed by atoms with E-state index in [4.69, 9.17) is 5.73 Å². The zero-order valence-corrected chi connectivity index (χ0v) is 14.7. The Morgan fingerprint density at radius 3 is 2.69 bits per heavy atom. The van der Waals surface area contributed by atoms with Gasteiger partial charge in [0.1, 0.15) is 0 Å². The molecule has 0 aromatic carbocycles. The quantitative estimate of drug-likeness (QED) is 0.884. The molecule has 0 radical (unpaired) electrons. The zero-order chi connectivity index (χ0) is 19.1. The SMILES string of the molecule is Cc1nc2nc(C(F)(F)F)nn2c(C)c1CCC(=O)N1CCCC1CN. The van der Waals surface area contributed by atoms with Crippen molar-refractivity contribution in [3.63, 3.8) is 0 Å². The first-order valence-corrected chi connectivity index (χ1v) is 8.52. The number of carbonyl (C=O) groups excluding carboxylic acids is 1. The molecule has 3 heterocycles. The molecule has 1 atom stereocenters. The third-order valence-electron chi connectivity index (χ3n) is 4.86. The van der Waals surface area contributed by atoms with Crippen LogP contribution in [0.5, 0.6) is 0 Å². The Morgan fingerprint density at radius 2 is 2.04 bits per heavy atom. The van der Waals surface area contributed by atoms with Crippen molar-refractivity contribution in [3.8, 4) is 0 Å². The highest BCUT2D eigenvalue weighted by Crippen LogP contribution is 2.27. The molecule has 1 saturated heterocycles. The molecule has 7 nitrogen and oxygen atoms in total. The molecule has 142 valence electrons. The highest BCUT2D eigenvalue weighted by Gasteiger charge is 2.37. The molecule has 10 heteroatoms. The Kier molecular flexibility index (Phi) is 4.87. The Morgan fingerprint density at radius 1 is 1.31 bits per heavy atom. The van der Waals surface area contributed by atoms with Crippen LogP contribution >= 0.6 is 0 Å². The molecule has 26 heavy (non-hydrogen) atoms. The minimum atomic E-state index is -4.63. The fourth-order valence-corrected chi connectivity index (χ4v) is 3.47. The van der Waals surface area contributed by atoms with Crippen LogP contribution in [0.3, 0.4) is 0 Å². The second kappa shape index (κ2) is 6.82. The van der Waals surface area contributed by atoms with Crippen molar-refractivity contribution in [2.24, 2.45) is 5.73 Å². The number of carbonyl (C=O) groups is 1. The maximum atomic E-state index is 12.8. The van der Waals surface area contributed by atoms with E-state index in [1.165, 1.54) is 0 Å². The smallest absolute Gasteiger partial charge is 0.338 e. The maximum absolute atomic E-state index is 12.8. The Bertz CT molecular complexity index is 831. The average Bonchev–Trinajstić information content (AvgIpc) is 3.20. The van der Waals surface area contributed by atoms with Crippen LogP contribution < -0.4 is 5.73 Å². The Hall–Kier alpha value is -2.23. The van der Waals surface area contributed by atoms with E-state index in [2.05, 4.69) is 15.1 Å². The molecule has 3 rings (SSSR count). The Labute approximate surface area is 148 Å². The van der Waals surface area contributed by atoms with Gasteiger partial charge in [-0.05, 0) is 38.7 Å². The van der Waals surface area contributed by atoms with Gasteiger partial charge in [0.15, 0.2) is 0 Å². The predicted molar refractivity (Wildman–Crippen MR) is 87.4 cm³/mol. The van der Waals surface area contributed by atoms with Gasteiger partial charge >= 0.3 is 6.18 Å². The van der Waals surface area contributed by atoms with Gasteiger partial charge in [-0.3, -0.25) is 4.79 Å². The number of likely N-dealkylation sites (tertiary alicyclic amines) is 1. The lowest BCUT2D eigenvalue weighted by molar-refractivity contribution is -0.144. The monoisotopic (exact) mass is 370 g/mol. The van der Waals surface area contributed by atoms with Gasteiger partial charge in [0, 0.05) is 36.9 Å². The number of hydrogen-bond acceptors (Lipinski definition) is 5. The molecule has 2 N–H and O–H groups in total. The summed E-state index contributed by atoms with van der Waals surface area (Å²) in [6.07, 6.45) is -2.14. The molecule has 0 bridgehead atoms. The van der Waals surface area contributed by atoms with Crippen LogP contribution in [0.2, 0.25) is 0 Å². The molecule has 1 amide bonds. The minimum absolute atomic E-state index is 0.00594. The largest absolute Gasteiger partial charge is 0.453 e. The predicted octanol–water partition coefficient (Wildman–Crippen LogP) is 1.64. The number of fused-ring (bicyclic) bond motifs is 1. The van der Waals surface area contributed by atoms with E-state index in [9.17, 15) is 18.0 Å². The van der Waals surface area contributed by atoms with Crippen molar-refractivity contribution in [3.05, 3.63) is 22.8 Å². The van der Waals surface area contributed by atoms with Gasteiger partial charge in [0.2, 0.25) is 5.91 Å². The Balaban J connectivity index is 1.82. The number of aromatic nitrogens is 4. The number of nitrogens with two attached hydrogens (primary N) is 1. The van der Waals surface area contributed by atoms with Crippen LogP contribution in [0.25, 0.3) is 5.78 Å². The standard InChI is InChI=1S/C16H21F3N6O/c1-9-12(5-6-13(26)24-7-3-4-11(24)8-20)10(2)25-15(21-9)22-14(23-25)16(17,18)19/h11H,3-8,20H2,1-2H3. The van der Waals surface area contributed by atoms with E-state index >= 15 is 0 Å². The first-order valence-electron chi connectivity index (χ1n) is 8.52. The fraction of sp³-hybridized carbons (Fsp3) is 0.625. The lowest BCUT2D eigenvalue weighted by Gasteiger charge is -2.23. The highest BCUT2D eigenvalue weighted by molar-refractivity contribution is 5.77. The number of halogens is 3. The van der Waals surface area contributed by atoms with Gasteiger partial charge in [0.05, 0.1) is 0 Å². The number of rotatable bonds is 4. The average molecular weight is 370 g/mol. The first kappa shape index (κ1) is 18.6. The summed E-state index contributed by atoms with van der Waals surface area (Å²) in [6.45, 7) is 4.51. The van der Waals surface area contributed by atoms with Gasteiger partial charge in [-0.25, -0.2) is 9.50 Å². The van der Waals surface area contributed by atoms with Gasteiger partial charge in [-0.1, -0.05) is 0 Å². The molecule has 2 aromatic heterocycles. The summed E-state index contributed by atoms with van der Waals surface area (Å²) in [5, 5.41) is 3.52. The van der Waals surface area contributed by atoms with E-state index in [0.717, 1.165) is 17.4 Å². The molecule has 1 unspecified atom stereocenters. The summed E-state index contributed by atoms with van der Waals surface area (Å²) in [4.78, 5) is 21.8. The molecule has 0 aliphatic carbocycles.